The van der Waals surface area contributed by atoms with E-state index in [-0.39, 0.29) is 11.7 Å². The van der Waals surface area contributed by atoms with Crippen molar-refractivity contribution in [3.8, 4) is 11.5 Å². The SMILES string of the molecule is COc1cc(C2OC(c3ccc(Br)cc3)=NN2C(C)=O)ccc1OC(C)=O. The molecule has 27 heavy (non-hydrogen) atoms. The number of carbonyl (C=O) groups excluding carboxylic acids is 2. The number of hydrogen-bond donors (Lipinski definition) is 0. The average molecular weight is 433 g/mol. The zero-order valence-corrected chi connectivity index (χ0v) is 16.5. The molecule has 1 heterocycles. The number of amides is 1. The third-order valence-electron chi connectivity index (χ3n) is 3.78. The Balaban J connectivity index is 1.93. The normalized spacial score (nSPS) is 15.8. The molecule has 0 aliphatic carbocycles. The van der Waals surface area contributed by atoms with Crippen molar-refractivity contribution in [3.63, 3.8) is 0 Å². The lowest BCUT2D eigenvalue weighted by molar-refractivity contribution is -0.135. The first-order chi connectivity index (χ1) is 12.9. The van der Waals surface area contributed by atoms with Crippen molar-refractivity contribution in [1.82, 2.24) is 5.01 Å². The highest BCUT2D eigenvalue weighted by Gasteiger charge is 2.33. The standard InChI is InChI=1S/C19H17BrN2O5/c1-11(23)22-19(27-18(21-22)13-4-7-15(20)8-5-13)14-6-9-16(26-12(2)24)17(10-14)25-3/h4-10,19H,1-3H3. The van der Waals surface area contributed by atoms with Crippen LogP contribution in [0.2, 0.25) is 0 Å². The van der Waals surface area contributed by atoms with Crippen LogP contribution in [0.25, 0.3) is 0 Å². The average Bonchev–Trinajstić information content (AvgIpc) is 3.08. The van der Waals surface area contributed by atoms with E-state index < -0.39 is 12.2 Å². The molecule has 1 aliphatic rings. The summed E-state index contributed by atoms with van der Waals surface area (Å²) in [5, 5.41) is 5.57. The van der Waals surface area contributed by atoms with Crippen LogP contribution >= 0.6 is 15.9 Å². The van der Waals surface area contributed by atoms with Crippen LogP contribution in [0.5, 0.6) is 11.5 Å². The van der Waals surface area contributed by atoms with Gasteiger partial charge >= 0.3 is 5.97 Å². The van der Waals surface area contributed by atoms with Crippen molar-refractivity contribution in [2.24, 2.45) is 5.10 Å². The summed E-state index contributed by atoms with van der Waals surface area (Å²) in [5.41, 5.74) is 1.38. The number of hydrazone groups is 1. The van der Waals surface area contributed by atoms with Gasteiger partial charge in [-0.3, -0.25) is 9.59 Å². The van der Waals surface area contributed by atoms with Crippen molar-refractivity contribution in [2.75, 3.05) is 7.11 Å². The molecule has 7 nitrogen and oxygen atoms in total. The zero-order chi connectivity index (χ0) is 19.6. The maximum Gasteiger partial charge on any atom is 0.308 e. The molecule has 0 N–H and O–H groups in total. The fourth-order valence-electron chi connectivity index (χ4n) is 2.57. The number of hydrogen-bond acceptors (Lipinski definition) is 6. The lowest BCUT2D eigenvalue weighted by Gasteiger charge is -2.20. The van der Waals surface area contributed by atoms with Crippen LogP contribution in [0.1, 0.15) is 31.2 Å². The summed E-state index contributed by atoms with van der Waals surface area (Å²) in [6.07, 6.45) is -0.749. The maximum absolute atomic E-state index is 12.1. The second kappa shape index (κ2) is 7.79. The van der Waals surface area contributed by atoms with Gasteiger partial charge in [-0.2, -0.15) is 5.01 Å². The van der Waals surface area contributed by atoms with E-state index in [4.69, 9.17) is 14.2 Å². The summed E-state index contributed by atoms with van der Waals surface area (Å²) >= 11 is 3.38. The molecule has 0 fully saturated rings. The van der Waals surface area contributed by atoms with Crippen LogP contribution in [0, 0.1) is 0 Å². The van der Waals surface area contributed by atoms with Gasteiger partial charge in [0.1, 0.15) is 0 Å². The van der Waals surface area contributed by atoms with Gasteiger partial charge in [0, 0.05) is 29.4 Å². The fourth-order valence-corrected chi connectivity index (χ4v) is 2.83. The van der Waals surface area contributed by atoms with Gasteiger partial charge in [-0.05, 0) is 42.5 Å². The molecule has 0 saturated heterocycles. The number of benzene rings is 2. The number of esters is 1. The van der Waals surface area contributed by atoms with Gasteiger partial charge in [0.2, 0.25) is 18.0 Å². The fraction of sp³-hybridized carbons (Fsp3) is 0.211. The van der Waals surface area contributed by atoms with E-state index in [0.717, 1.165) is 10.0 Å². The second-order valence-corrected chi connectivity index (χ2v) is 6.67. The number of carbonyl (C=O) groups is 2. The maximum atomic E-state index is 12.1. The summed E-state index contributed by atoms with van der Waals surface area (Å²) in [6, 6.07) is 12.4. The van der Waals surface area contributed by atoms with Crippen LogP contribution in [-0.2, 0) is 14.3 Å². The van der Waals surface area contributed by atoms with Crippen molar-refractivity contribution in [2.45, 2.75) is 20.1 Å². The molecule has 8 heteroatoms. The molecular formula is C19H17BrN2O5. The highest BCUT2D eigenvalue weighted by molar-refractivity contribution is 9.10. The van der Waals surface area contributed by atoms with Crippen LogP contribution in [-0.4, -0.2) is 29.9 Å². The Kier molecular flexibility index (Phi) is 5.46. The van der Waals surface area contributed by atoms with E-state index in [1.54, 1.807) is 18.2 Å². The summed E-state index contributed by atoms with van der Waals surface area (Å²) in [4.78, 5) is 23.3. The predicted octanol–water partition coefficient (Wildman–Crippen LogP) is 3.62. The monoisotopic (exact) mass is 432 g/mol. The zero-order valence-electron chi connectivity index (χ0n) is 14.9. The van der Waals surface area contributed by atoms with Gasteiger partial charge in [0.15, 0.2) is 11.5 Å². The van der Waals surface area contributed by atoms with Gasteiger partial charge in [-0.1, -0.05) is 15.9 Å². The number of rotatable bonds is 4. The molecule has 2 aromatic carbocycles. The Labute approximate surface area is 164 Å². The highest BCUT2D eigenvalue weighted by Crippen LogP contribution is 2.36. The minimum Gasteiger partial charge on any atom is -0.493 e. The lowest BCUT2D eigenvalue weighted by atomic mass is 10.1. The van der Waals surface area contributed by atoms with E-state index >= 15 is 0 Å². The van der Waals surface area contributed by atoms with Crippen molar-refractivity contribution in [3.05, 3.63) is 58.1 Å². The third kappa shape index (κ3) is 4.11. The minimum atomic E-state index is -0.749. The van der Waals surface area contributed by atoms with Gasteiger partial charge in [0.25, 0.3) is 0 Å². The largest absolute Gasteiger partial charge is 0.493 e. The smallest absolute Gasteiger partial charge is 0.308 e. The van der Waals surface area contributed by atoms with E-state index in [9.17, 15) is 9.59 Å². The van der Waals surface area contributed by atoms with E-state index in [2.05, 4.69) is 21.0 Å². The van der Waals surface area contributed by atoms with Crippen molar-refractivity contribution >= 4 is 33.7 Å². The highest BCUT2D eigenvalue weighted by atomic mass is 79.9. The summed E-state index contributed by atoms with van der Waals surface area (Å²) in [6.45, 7) is 2.72. The van der Waals surface area contributed by atoms with Crippen LogP contribution in [0.4, 0.5) is 0 Å². The van der Waals surface area contributed by atoms with Gasteiger partial charge in [-0.15, -0.1) is 5.10 Å². The first-order valence-electron chi connectivity index (χ1n) is 8.06. The van der Waals surface area contributed by atoms with E-state index in [0.29, 0.717) is 17.2 Å². The number of halogens is 1. The summed E-state index contributed by atoms with van der Waals surface area (Å²) in [7, 11) is 1.47. The number of ether oxygens (including phenoxy) is 3. The topological polar surface area (TPSA) is 77.4 Å². The van der Waals surface area contributed by atoms with Crippen LogP contribution in [0.3, 0.4) is 0 Å². The Morgan fingerprint density at radius 2 is 1.81 bits per heavy atom. The molecule has 3 rings (SSSR count). The van der Waals surface area contributed by atoms with Gasteiger partial charge in [-0.25, -0.2) is 0 Å². The molecule has 1 aliphatic heterocycles. The van der Waals surface area contributed by atoms with Crippen molar-refractivity contribution < 1.29 is 23.8 Å². The molecular weight excluding hydrogens is 416 g/mol. The molecule has 0 bridgehead atoms. The molecule has 0 saturated carbocycles. The van der Waals surface area contributed by atoms with Crippen molar-refractivity contribution in [1.29, 1.82) is 0 Å². The molecule has 2 aromatic rings. The Morgan fingerprint density at radius 1 is 1.11 bits per heavy atom. The lowest BCUT2D eigenvalue weighted by Crippen LogP contribution is -2.25. The molecule has 0 spiro atoms. The summed E-state index contributed by atoms with van der Waals surface area (Å²) < 4.78 is 17.3. The van der Waals surface area contributed by atoms with Gasteiger partial charge in [0.05, 0.1) is 7.11 Å². The molecule has 1 unspecified atom stereocenters. The Bertz CT molecular complexity index is 911. The number of methoxy groups -OCH3 is 1. The minimum absolute atomic E-state index is 0.268. The first kappa shape index (κ1) is 18.9. The van der Waals surface area contributed by atoms with E-state index in [1.165, 1.54) is 26.0 Å². The third-order valence-corrected chi connectivity index (χ3v) is 4.31. The van der Waals surface area contributed by atoms with Crippen LogP contribution in [0.15, 0.2) is 52.0 Å². The van der Waals surface area contributed by atoms with Gasteiger partial charge < -0.3 is 14.2 Å². The second-order valence-electron chi connectivity index (χ2n) is 5.75. The predicted molar refractivity (Wildman–Crippen MR) is 101 cm³/mol. The van der Waals surface area contributed by atoms with E-state index in [1.807, 2.05) is 24.3 Å². The molecule has 0 aromatic heterocycles. The quantitative estimate of drug-likeness (QED) is 0.544. The first-order valence-corrected chi connectivity index (χ1v) is 8.85. The summed E-state index contributed by atoms with van der Waals surface area (Å²) in [5.74, 6) is 0.257. The molecule has 1 amide bonds. The molecule has 1 atom stereocenters. The molecule has 0 radical (unpaired) electrons. The number of nitrogens with zero attached hydrogens (tertiary/aromatic N) is 2. The molecule has 140 valence electrons. The Morgan fingerprint density at radius 3 is 2.41 bits per heavy atom. The Hall–Kier alpha value is -2.87. The van der Waals surface area contributed by atoms with Crippen LogP contribution < -0.4 is 9.47 Å².